The van der Waals surface area contributed by atoms with E-state index in [-0.39, 0.29) is 24.2 Å². The van der Waals surface area contributed by atoms with Crippen LogP contribution >= 0.6 is 11.6 Å². The average molecular weight is 567 g/mol. The van der Waals surface area contributed by atoms with Crippen LogP contribution in [-0.4, -0.2) is 62.2 Å². The lowest BCUT2D eigenvalue weighted by Crippen LogP contribution is -2.54. The molecule has 8 nitrogen and oxygen atoms in total. The molecule has 2 aromatic rings. The molecule has 0 aliphatic heterocycles. The third-order valence-electron chi connectivity index (χ3n) is 6.77. The summed E-state index contributed by atoms with van der Waals surface area (Å²) in [5, 5.41) is 3.53. The van der Waals surface area contributed by atoms with Gasteiger partial charge in [-0.3, -0.25) is 9.59 Å². The first-order valence-electron chi connectivity index (χ1n) is 12.8. The van der Waals surface area contributed by atoms with Gasteiger partial charge in [0, 0.05) is 31.7 Å². The summed E-state index contributed by atoms with van der Waals surface area (Å²) in [6, 6.07) is 11.1. The molecule has 0 radical (unpaired) electrons. The summed E-state index contributed by atoms with van der Waals surface area (Å²) in [6.45, 7) is 1.25. The van der Waals surface area contributed by atoms with Crippen LogP contribution in [0.5, 0.6) is 0 Å². The Bertz CT molecular complexity index is 1200. The minimum atomic E-state index is -4.12. The number of carbonyl (C=O) groups excluding carboxylic acids is 2. The van der Waals surface area contributed by atoms with E-state index >= 15 is 0 Å². The van der Waals surface area contributed by atoms with Crippen LogP contribution in [0.3, 0.4) is 0 Å². The van der Waals surface area contributed by atoms with Gasteiger partial charge in [-0.15, -0.1) is 0 Å². The molecule has 3 rings (SSSR count). The molecule has 1 N–H and O–H groups in total. The molecule has 0 spiro atoms. The van der Waals surface area contributed by atoms with Gasteiger partial charge in [-0.05, 0) is 55.2 Å². The van der Waals surface area contributed by atoms with E-state index in [9.17, 15) is 22.4 Å². The Morgan fingerprint density at radius 2 is 1.68 bits per heavy atom. The number of halogens is 2. The minimum absolute atomic E-state index is 0.0222. The first-order valence-corrected chi connectivity index (χ1v) is 14.6. The molecule has 1 atom stereocenters. The summed E-state index contributed by atoms with van der Waals surface area (Å²) in [5.74, 6) is -1.39. The third-order valence-corrected chi connectivity index (χ3v) is 8.96. The van der Waals surface area contributed by atoms with Crippen LogP contribution in [-0.2, 0) is 26.3 Å². The van der Waals surface area contributed by atoms with E-state index in [4.69, 9.17) is 11.6 Å². The van der Waals surface area contributed by atoms with E-state index in [2.05, 4.69) is 5.32 Å². The van der Waals surface area contributed by atoms with E-state index in [0.717, 1.165) is 52.8 Å². The second-order valence-corrected chi connectivity index (χ2v) is 12.1. The fourth-order valence-corrected chi connectivity index (χ4v) is 5.85. The van der Waals surface area contributed by atoms with Gasteiger partial charge in [0.25, 0.3) is 0 Å². The summed E-state index contributed by atoms with van der Waals surface area (Å²) >= 11 is 6.40. The molecule has 208 valence electrons. The highest BCUT2D eigenvalue weighted by molar-refractivity contribution is 7.90. The number of nitrogens with one attached hydrogen (secondary N) is 1. The van der Waals surface area contributed by atoms with Gasteiger partial charge in [0.05, 0.1) is 5.69 Å². The number of benzene rings is 2. The molecule has 0 bridgehead atoms. The summed E-state index contributed by atoms with van der Waals surface area (Å²) in [7, 11) is -1.42. The molecule has 0 saturated heterocycles. The zero-order valence-electron chi connectivity index (χ0n) is 22.1. The van der Waals surface area contributed by atoms with Crippen molar-refractivity contribution in [1.82, 2.24) is 14.5 Å². The van der Waals surface area contributed by atoms with Crippen molar-refractivity contribution in [2.24, 2.45) is 0 Å². The van der Waals surface area contributed by atoms with Crippen LogP contribution in [0.4, 0.5) is 10.1 Å². The van der Waals surface area contributed by atoms with Gasteiger partial charge < -0.3 is 10.2 Å². The average Bonchev–Trinajstić information content (AvgIpc) is 2.89. The number of nitrogens with zero attached hydrogens (tertiary/aromatic N) is 3. The predicted molar refractivity (Wildman–Crippen MR) is 147 cm³/mol. The van der Waals surface area contributed by atoms with Gasteiger partial charge in [0.1, 0.15) is 18.4 Å². The number of hydrogen-bond donors (Lipinski definition) is 1. The van der Waals surface area contributed by atoms with Crippen molar-refractivity contribution >= 4 is 39.3 Å². The number of anilines is 1. The summed E-state index contributed by atoms with van der Waals surface area (Å²) in [4.78, 5) is 28.7. The van der Waals surface area contributed by atoms with Gasteiger partial charge in [0.2, 0.25) is 11.8 Å². The third kappa shape index (κ3) is 7.45. The topological polar surface area (TPSA) is 90.0 Å². The van der Waals surface area contributed by atoms with Crippen molar-refractivity contribution in [3.63, 3.8) is 0 Å². The Kier molecular flexibility index (Phi) is 10.5. The Morgan fingerprint density at radius 3 is 2.26 bits per heavy atom. The smallest absolute Gasteiger partial charge is 0.304 e. The van der Waals surface area contributed by atoms with Crippen molar-refractivity contribution in [2.45, 2.75) is 64.1 Å². The molecular formula is C27H36ClFN4O4S. The predicted octanol–water partition coefficient (Wildman–Crippen LogP) is 4.35. The van der Waals surface area contributed by atoms with E-state index in [1.807, 2.05) is 6.92 Å². The molecule has 1 aliphatic carbocycles. The van der Waals surface area contributed by atoms with E-state index in [1.165, 1.54) is 31.1 Å². The van der Waals surface area contributed by atoms with Gasteiger partial charge in [-0.1, -0.05) is 56.0 Å². The van der Waals surface area contributed by atoms with Crippen LogP contribution in [0.1, 0.15) is 51.0 Å². The summed E-state index contributed by atoms with van der Waals surface area (Å²) in [6.07, 6.45) is 5.32. The molecule has 11 heteroatoms. The van der Waals surface area contributed by atoms with Crippen molar-refractivity contribution in [1.29, 1.82) is 0 Å². The number of amides is 2. The Hall–Kier alpha value is -2.69. The van der Waals surface area contributed by atoms with Crippen molar-refractivity contribution < 1.29 is 22.4 Å². The highest BCUT2D eigenvalue weighted by Gasteiger charge is 2.34. The second kappa shape index (κ2) is 13.4. The maximum Gasteiger partial charge on any atom is 0.304 e. The minimum Gasteiger partial charge on any atom is -0.352 e. The molecule has 38 heavy (non-hydrogen) atoms. The van der Waals surface area contributed by atoms with Gasteiger partial charge in [0.15, 0.2) is 0 Å². The zero-order chi connectivity index (χ0) is 27.9. The molecule has 1 fully saturated rings. The van der Waals surface area contributed by atoms with Gasteiger partial charge in [-0.25, -0.2) is 8.70 Å². The lowest BCUT2D eigenvalue weighted by Gasteiger charge is -2.35. The number of rotatable bonds is 11. The fourth-order valence-electron chi connectivity index (χ4n) is 4.60. The van der Waals surface area contributed by atoms with Crippen LogP contribution < -0.4 is 9.62 Å². The van der Waals surface area contributed by atoms with Crippen LogP contribution in [0.25, 0.3) is 0 Å². The molecule has 2 amide bonds. The SMILES string of the molecule is CCC(C(=O)NC1CCCCC1)N(Cc1ccccc1Cl)C(=O)CN(c1ccc(F)cc1)S(=O)(=O)N(C)C. The van der Waals surface area contributed by atoms with Crippen molar-refractivity contribution in [3.05, 3.63) is 64.9 Å². The molecule has 1 saturated carbocycles. The molecule has 0 heterocycles. The quantitative estimate of drug-likeness (QED) is 0.438. The molecule has 1 aliphatic rings. The highest BCUT2D eigenvalue weighted by atomic mass is 35.5. The monoisotopic (exact) mass is 566 g/mol. The van der Waals surface area contributed by atoms with Crippen LogP contribution in [0.15, 0.2) is 48.5 Å². The van der Waals surface area contributed by atoms with Gasteiger partial charge >= 0.3 is 10.2 Å². The number of hydrogen-bond acceptors (Lipinski definition) is 4. The fraction of sp³-hybridized carbons (Fsp3) is 0.481. The Labute approximate surface area is 229 Å². The zero-order valence-corrected chi connectivity index (χ0v) is 23.6. The van der Waals surface area contributed by atoms with Crippen molar-refractivity contribution in [3.8, 4) is 0 Å². The largest absolute Gasteiger partial charge is 0.352 e. The normalized spacial score (nSPS) is 15.2. The molecule has 1 unspecified atom stereocenters. The summed E-state index contributed by atoms with van der Waals surface area (Å²) in [5.41, 5.74) is 0.765. The molecular weight excluding hydrogens is 531 g/mol. The molecule has 0 aromatic heterocycles. The first-order chi connectivity index (χ1) is 18.0. The number of carbonyl (C=O) groups is 2. The second-order valence-electron chi connectivity index (χ2n) is 9.65. The highest BCUT2D eigenvalue weighted by Crippen LogP contribution is 2.24. The van der Waals surface area contributed by atoms with E-state index in [1.54, 1.807) is 24.3 Å². The Balaban J connectivity index is 1.96. The van der Waals surface area contributed by atoms with Crippen molar-refractivity contribution in [2.75, 3.05) is 24.9 Å². The van der Waals surface area contributed by atoms with Crippen LogP contribution in [0, 0.1) is 5.82 Å². The maximum absolute atomic E-state index is 13.9. The van der Waals surface area contributed by atoms with Crippen LogP contribution in [0.2, 0.25) is 5.02 Å². The van der Waals surface area contributed by atoms with Gasteiger partial charge in [-0.2, -0.15) is 12.7 Å². The first kappa shape index (κ1) is 29.9. The van der Waals surface area contributed by atoms with E-state index < -0.39 is 34.5 Å². The lowest BCUT2D eigenvalue weighted by molar-refractivity contribution is -0.140. The lowest BCUT2D eigenvalue weighted by atomic mass is 9.95. The molecule has 2 aromatic carbocycles. The standard InChI is InChI=1S/C27H36ClFN4O4S/c1-4-25(27(35)30-22-11-6-5-7-12-22)32(18-20-10-8-9-13-24(20)28)26(34)19-33(38(36,37)31(2)3)23-16-14-21(29)15-17-23/h8-10,13-17,22,25H,4-7,11-12,18-19H2,1-3H3,(H,30,35). The Morgan fingerprint density at radius 1 is 1.05 bits per heavy atom. The maximum atomic E-state index is 13.9. The summed E-state index contributed by atoms with van der Waals surface area (Å²) < 4.78 is 41.9. The van der Waals surface area contributed by atoms with E-state index in [0.29, 0.717) is 17.0 Å².